The Morgan fingerprint density at radius 2 is 1.97 bits per heavy atom. The summed E-state index contributed by atoms with van der Waals surface area (Å²) in [7, 11) is 0. The number of aromatic amines is 1. The number of aromatic nitrogens is 2. The topological polar surface area (TPSA) is 120 Å². The van der Waals surface area contributed by atoms with E-state index in [1.807, 2.05) is 12.1 Å². The third kappa shape index (κ3) is 4.54. The predicted molar refractivity (Wildman–Crippen MR) is 109 cm³/mol. The van der Waals surface area contributed by atoms with Gasteiger partial charge < -0.3 is 4.74 Å². The zero-order valence-electron chi connectivity index (χ0n) is 15.5. The standard InChI is InChI=1S/C21H17N5O3/c1-2-29-20(28)16-11-7-6-10-15(16)13-23-26-21-24-18(14-8-4-3-5-9-14)17(12-22)19(27)25-21/h3-11,13H,2H2,1H3,(H2,24,25,26,27). The molecule has 0 amide bonds. The van der Waals surface area contributed by atoms with Gasteiger partial charge in [0.1, 0.15) is 11.6 Å². The number of benzene rings is 2. The second-order valence-electron chi connectivity index (χ2n) is 5.79. The lowest BCUT2D eigenvalue weighted by molar-refractivity contribution is 0.0526. The average molecular weight is 387 g/mol. The molecule has 0 unspecified atom stereocenters. The van der Waals surface area contributed by atoms with Crippen molar-refractivity contribution >= 4 is 18.1 Å². The van der Waals surface area contributed by atoms with Crippen LogP contribution in [0, 0.1) is 11.3 Å². The monoisotopic (exact) mass is 387 g/mol. The Labute approximate surface area is 166 Å². The lowest BCUT2D eigenvalue weighted by Gasteiger charge is -2.07. The van der Waals surface area contributed by atoms with E-state index in [0.29, 0.717) is 16.7 Å². The van der Waals surface area contributed by atoms with Crippen molar-refractivity contribution in [2.75, 3.05) is 12.0 Å². The van der Waals surface area contributed by atoms with Gasteiger partial charge in [0, 0.05) is 11.1 Å². The summed E-state index contributed by atoms with van der Waals surface area (Å²) in [6.45, 7) is 1.99. The van der Waals surface area contributed by atoms with Crippen LogP contribution in [0.15, 0.2) is 64.5 Å². The first-order valence-corrected chi connectivity index (χ1v) is 8.79. The first kappa shape index (κ1) is 19.5. The van der Waals surface area contributed by atoms with Crippen molar-refractivity contribution in [3.05, 3.63) is 81.6 Å². The Morgan fingerprint density at radius 1 is 1.24 bits per heavy atom. The maximum Gasteiger partial charge on any atom is 0.338 e. The normalized spacial score (nSPS) is 10.5. The summed E-state index contributed by atoms with van der Waals surface area (Å²) < 4.78 is 5.03. The number of H-pyrrole nitrogens is 1. The van der Waals surface area contributed by atoms with Gasteiger partial charge in [-0.25, -0.2) is 15.2 Å². The number of carbonyl (C=O) groups is 1. The van der Waals surface area contributed by atoms with Gasteiger partial charge in [0.25, 0.3) is 5.56 Å². The number of ether oxygens (including phenoxy) is 1. The number of hydrogen-bond acceptors (Lipinski definition) is 7. The van der Waals surface area contributed by atoms with Gasteiger partial charge in [-0.15, -0.1) is 0 Å². The van der Waals surface area contributed by atoms with Crippen molar-refractivity contribution in [1.82, 2.24) is 9.97 Å². The molecule has 3 aromatic rings. The summed E-state index contributed by atoms with van der Waals surface area (Å²) in [5.74, 6) is -0.386. The van der Waals surface area contributed by atoms with Crippen LogP contribution in [0.5, 0.6) is 0 Å². The minimum absolute atomic E-state index is 0.0673. The van der Waals surface area contributed by atoms with E-state index in [0.717, 1.165) is 0 Å². The summed E-state index contributed by atoms with van der Waals surface area (Å²) in [6, 6.07) is 17.6. The Kier molecular flexibility index (Phi) is 6.12. The van der Waals surface area contributed by atoms with Crippen molar-refractivity contribution in [2.45, 2.75) is 6.92 Å². The molecule has 0 aliphatic rings. The number of nitriles is 1. The van der Waals surface area contributed by atoms with Gasteiger partial charge in [-0.2, -0.15) is 10.4 Å². The number of hydrogen-bond donors (Lipinski definition) is 2. The van der Waals surface area contributed by atoms with Crippen LogP contribution < -0.4 is 11.0 Å². The highest BCUT2D eigenvalue weighted by Crippen LogP contribution is 2.19. The lowest BCUT2D eigenvalue weighted by atomic mass is 10.1. The number of nitrogens with one attached hydrogen (secondary N) is 2. The number of rotatable bonds is 6. The maximum absolute atomic E-state index is 12.2. The van der Waals surface area contributed by atoms with Crippen molar-refractivity contribution in [1.29, 1.82) is 5.26 Å². The Bertz CT molecular complexity index is 1150. The number of hydrazone groups is 1. The highest BCUT2D eigenvalue weighted by molar-refractivity contribution is 5.99. The van der Waals surface area contributed by atoms with E-state index in [2.05, 4.69) is 20.5 Å². The van der Waals surface area contributed by atoms with Gasteiger partial charge >= 0.3 is 5.97 Å². The minimum atomic E-state index is -0.578. The number of nitrogens with zero attached hydrogens (tertiary/aromatic N) is 3. The zero-order chi connectivity index (χ0) is 20.6. The van der Waals surface area contributed by atoms with Crippen molar-refractivity contribution in [3.8, 4) is 17.3 Å². The second-order valence-corrected chi connectivity index (χ2v) is 5.79. The first-order valence-electron chi connectivity index (χ1n) is 8.79. The third-order valence-corrected chi connectivity index (χ3v) is 3.91. The quantitative estimate of drug-likeness (QED) is 0.381. The van der Waals surface area contributed by atoms with Crippen LogP contribution in [0.1, 0.15) is 28.4 Å². The fourth-order valence-electron chi connectivity index (χ4n) is 2.60. The third-order valence-electron chi connectivity index (χ3n) is 3.91. The molecule has 0 fully saturated rings. The minimum Gasteiger partial charge on any atom is -0.462 e. The van der Waals surface area contributed by atoms with Crippen LogP contribution in [0.25, 0.3) is 11.3 Å². The molecule has 0 aliphatic heterocycles. The van der Waals surface area contributed by atoms with E-state index in [9.17, 15) is 14.9 Å². The zero-order valence-corrected chi connectivity index (χ0v) is 15.5. The molecule has 1 heterocycles. The van der Waals surface area contributed by atoms with Gasteiger partial charge in [0.2, 0.25) is 5.95 Å². The van der Waals surface area contributed by atoms with Gasteiger partial charge in [-0.1, -0.05) is 48.5 Å². The summed E-state index contributed by atoms with van der Waals surface area (Å²) in [5.41, 5.74) is 3.76. The molecule has 0 saturated carbocycles. The van der Waals surface area contributed by atoms with Crippen LogP contribution >= 0.6 is 0 Å². The van der Waals surface area contributed by atoms with Gasteiger partial charge in [-0.3, -0.25) is 9.78 Å². The molecular weight excluding hydrogens is 370 g/mol. The van der Waals surface area contributed by atoms with E-state index in [1.54, 1.807) is 55.5 Å². The molecule has 8 nitrogen and oxygen atoms in total. The molecule has 0 bridgehead atoms. The summed E-state index contributed by atoms with van der Waals surface area (Å²) in [6.07, 6.45) is 1.42. The predicted octanol–water partition coefficient (Wildman–Crippen LogP) is 2.93. The molecule has 2 aromatic carbocycles. The summed E-state index contributed by atoms with van der Waals surface area (Å²) >= 11 is 0. The van der Waals surface area contributed by atoms with E-state index in [4.69, 9.17) is 4.74 Å². The fraction of sp³-hybridized carbons (Fsp3) is 0.0952. The Balaban J connectivity index is 1.89. The Hall–Kier alpha value is -4.25. The van der Waals surface area contributed by atoms with E-state index >= 15 is 0 Å². The van der Waals surface area contributed by atoms with Gasteiger partial charge in [0.15, 0.2) is 0 Å². The number of carbonyl (C=O) groups excluding carboxylic acids is 1. The Morgan fingerprint density at radius 3 is 2.69 bits per heavy atom. The molecule has 0 radical (unpaired) electrons. The number of esters is 1. The molecule has 8 heteroatoms. The molecule has 144 valence electrons. The largest absolute Gasteiger partial charge is 0.462 e. The molecular formula is C21H17N5O3. The maximum atomic E-state index is 12.2. The number of anilines is 1. The molecule has 0 aliphatic carbocycles. The molecule has 0 saturated heterocycles. The lowest BCUT2D eigenvalue weighted by Crippen LogP contribution is -2.16. The highest BCUT2D eigenvalue weighted by Gasteiger charge is 2.13. The van der Waals surface area contributed by atoms with E-state index in [-0.39, 0.29) is 23.8 Å². The molecule has 3 rings (SSSR count). The summed E-state index contributed by atoms with van der Waals surface area (Å²) in [4.78, 5) is 31.0. The van der Waals surface area contributed by atoms with Crippen molar-refractivity contribution < 1.29 is 9.53 Å². The van der Waals surface area contributed by atoms with Gasteiger partial charge in [-0.05, 0) is 13.0 Å². The van der Waals surface area contributed by atoms with E-state index in [1.165, 1.54) is 6.21 Å². The second kappa shape index (κ2) is 9.10. The molecule has 29 heavy (non-hydrogen) atoms. The molecule has 1 aromatic heterocycles. The van der Waals surface area contributed by atoms with E-state index < -0.39 is 11.5 Å². The molecule has 0 atom stereocenters. The van der Waals surface area contributed by atoms with Crippen molar-refractivity contribution in [3.63, 3.8) is 0 Å². The van der Waals surface area contributed by atoms with Crippen LogP contribution in [0.4, 0.5) is 5.95 Å². The van der Waals surface area contributed by atoms with Crippen LogP contribution in [0.3, 0.4) is 0 Å². The first-order chi connectivity index (χ1) is 14.1. The smallest absolute Gasteiger partial charge is 0.338 e. The SMILES string of the molecule is CCOC(=O)c1ccccc1C=NNc1nc(-c2ccccc2)c(C#N)c(=O)[nH]1. The fourth-order valence-corrected chi connectivity index (χ4v) is 2.60. The highest BCUT2D eigenvalue weighted by atomic mass is 16.5. The summed E-state index contributed by atoms with van der Waals surface area (Å²) in [5, 5.41) is 13.3. The van der Waals surface area contributed by atoms with Gasteiger partial charge in [0.05, 0.1) is 24.1 Å². The molecule has 2 N–H and O–H groups in total. The van der Waals surface area contributed by atoms with Crippen molar-refractivity contribution in [2.24, 2.45) is 5.10 Å². The molecule has 0 spiro atoms. The van der Waals surface area contributed by atoms with Crippen LogP contribution in [0.2, 0.25) is 0 Å². The van der Waals surface area contributed by atoms with Crippen LogP contribution in [-0.4, -0.2) is 28.8 Å². The average Bonchev–Trinajstić information content (AvgIpc) is 2.74. The van der Waals surface area contributed by atoms with Crippen LogP contribution in [-0.2, 0) is 4.74 Å².